The molecule has 1 aromatic heterocycles. The average molecular weight is 569 g/mol. The second kappa shape index (κ2) is 11.6. The highest BCUT2D eigenvalue weighted by molar-refractivity contribution is 5.87. The van der Waals surface area contributed by atoms with Crippen molar-refractivity contribution in [3.63, 3.8) is 0 Å². The Balaban J connectivity index is 1.53. The van der Waals surface area contributed by atoms with Crippen LogP contribution < -0.4 is 14.5 Å². The quantitative estimate of drug-likeness (QED) is 0.485. The van der Waals surface area contributed by atoms with E-state index in [1.807, 2.05) is 7.05 Å². The van der Waals surface area contributed by atoms with E-state index in [1.165, 1.54) is 12.1 Å². The number of aryl methyl sites for hydroxylation is 1. The number of ether oxygens (including phenoxy) is 1. The number of aromatic nitrogens is 1. The molecule has 0 spiro atoms. The molecule has 4 heterocycles. The van der Waals surface area contributed by atoms with E-state index in [9.17, 15) is 23.2 Å². The molecular formula is C30H35F3N6O2. The van der Waals surface area contributed by atoms with E-state index in [0.29, 0.717) is 62.6 Å². The molecule has 218 valence electrons. The number of rotatable bonds is 6. The third-order valence-electron chi connectivity index (χ3n) is 8.43. The highest BCUT2D eigenvalue weighted by Gasteiger charge is 2.38. The molecule has 1 amide bonds. The average Bonchev–Trinajstić information content (AvgIpc) is 3.38. The number of nitrogens with zero attached hydrogens (tertiary/aromatic N) is 6. The van der Waals surface area contributed by atoms with Crippen molar-refractivity contribution in [1.29, 1.82) is 5.26 Å². The lowest BCUT2D eigenvalue weighted by Crippen LogP contribution is -2.49. The molecule has 1 atom stereocenters. The number of para-hydroxylation sites is 1. The molecule has 11 heteroatoms. The van der Waals surface area contributed by atoms with Gasteiger partial charge in [-0.2, -0.15) is 18.4 Å². The van der Waals surface area contributed by atoms with Gasteiger partial charge in [0.2, 0.25) is 11.8 Å². The molecule has 2 aromatic rings. The predicted octanol–water partition coefficient (Wildman–Crippen LogP) is 4.15. The first-order valence-corrected chi connectivity index (χ1v) is 14.0. The van der Waals surface area contributed by atoms with Crippen molar-refractivity contribution in [2.45, 2.75) is 44.9 Å². The van der Waals surface area contributed by atoms with E-state index in [-0.39, 0.29) is 30.1 Å². The summed E-state index contributed by atoms with van der Waals surface area (Å²) >= 11 is 0. The first-order chi connectivity index (χ1) is 19.6. The van der Waals surface area contributed by atoms with Crippen molar-refractivity contribution in [3.05, 3.63) is 58.8 Å². The Morgan fingerprint density at radius 3 is 2.56 bits per heavy atom. The zero-order chi connectivity index (χ0) is 29.3. The molecular weight excluding hydrogens is 533 g/mol. The van der Waals surface area contributed by atoms with E-state index in [0.717, 1.165) is 36.7 Å². The molecule has 5 rings (SSSR count). The summed E-state index contributed by atoms with van der Waals surface area (Å²) in [6.07, 6.45) is -0.716. The second-order valence-corrected chi connectivity index (χ2v) is 10.9. The van der Waals surface area contributed by atoms with Crippen LogP contribution in [0.5, 0.6) is 5.88 Å². The lowest BCUT2D eigenvalue weighted by atomic mass is 9.96. The molecule has 0 N–H and O–H groups in total. The van der Waals surface area contributed by atoms with Crippen LogP contribution >= 0.6 is 0 Å². The number of benzene rings is 1. The number of nitriles is 1. The summed E-state index contributed by atoms with van der Waals surface area (Å²) in [7, 11) is 2.04. The third kappa shape index (κ3) is 5.71. The van der Waals surface area contributed by atoms with Crippen molar-refractivity contribution in [2.75, 3.05) is 62.7 Å². The molecule has 41 heavy (non-hydrogen) atoms. The van der Waals surface area contributed by atoms with Gasteiger partial charge in [-0.15, -0.1) is 0 Å². The molecule has 1 aromatic carbocycles. The highest BCUT2D eigenvalue weighted by Crippen LogP contribution is 2.42. The summed E-state index contributed by atoms with van der Waals surface area (Å²) in [5.41, 5.74) is 2.56. The molecule has 0 unspecified atom stereocenters. The van der Waals surface area contributed by atoms with Gasteiger partial charge in [0, 0.05) is 44.3 Å². The Bertz CT molecular complexity index is 1360. The summed E-state index contributed by atoms with van der Waals surface area (Å²) in [4.78, 5) is 24.7. The third-order valence-corrected chi connectivity index (χ3v) is 8.43. The van der Waals surface area contributed by atoms with Crippen LogP contribution in [0.15, 0.2) is 30.9 Å². The maximum absolute atomic E-state index is 14.0. The lowest BCUT2D eigenvalue weighted by Gasteiger charge is -2.39. The van der Waals surface area contributed by atoms with Crippen LogP contribution in [0.4, 0.5) is 24.5 Å². The fraction of sp³-hybridized carbons (Fsp3) is 0.500. The van der Waals surface area contributed by atoms with Crippen LogP contribution in [0.1, 0.15) is 40.8 Å². The summed E-state index contributed by atoms with van der Waals surface area (Å²) in [6, 6.07) is 6.76. The predicted molar refractivity (Wildman–Crippen MR) is 150 cm³/mol. The van der Waals surface area contributed by atoms with Crippen molar-refractivity contribution >= 4 is 17.3 Å². The summed E-state index contributed by atoms with van der Waals surface area (Å²) < 4.78 is 48.2. The number of anilines is 2. The van der Waals surface area contributed by atoms with Gasteiger partial charge in [0.1, 0.15) is 18.2 Å². The number of amides is 1. The number of pyridine rings is 1. The molecule has 0 bridgehead atoms. The van der Waals surface area contributed by atoms with Gasteiger partial charge < -0.3 is 24.3 Å². The number of carbonyl (C=O) groups is 1. The van der Waals surface area contributed by atoms with Gasteiger partial charge in [-0.1, -0.05) is 18.7 Å². The van der Waals surface area contributed by atoms with E-state index < -0.39 is 11.7 Å². The summed E-state index contributed by atoms with van der Waals surface area (Å²) in [5, 5.41) is 10.3. The Morgan fingerprint density at radius 2 is 1.93 bits per heavy atom. The number of likely N-dealkylation sites (tertiary alicyclic amines) is 1. The minimum atomic E-state index is -4.49. The number of carbonyl (C=O) groups excluding carboxylic acids is 1. The maximum atomic E-state index is 14.0. The van der Waals surface area contributed by atoms with Gasteiger partial charge in [-0.3, -0.25) is 4.79 Å². The second-order valence-electron chi connectivity index (χ2n) is 10.9. The van der Waals surface area contributed by atoms with Crippen LogP contribution in [0, 0.1) is 18.3 Å². The van der Waals surface area contributed by atoms with Crippen molar-refractivity contribution in [2.24, 2.45) is 0 Å². The lowest BCUT2D eigenvalue weighted by molar-refractivity contribution is -0.137. The number of likely N-dealkylation sites (N-methyl/N-ethyl adjacent to an activating group) is 1. The van der Waals surface area contributed by atoms with Gasteiger partial charge in [0.05, 0.1) is 29.2 Å². The van der Waals surface area contributed by atoms with Crippen LogP contribution in [-0.2, 0) is 23.9 Å². The Hall–Kier alpha value is -3.78. The topological polar surface area (TPSA) is 75.9 Å². The fourth-order valence-electron chi connectivity index (χ4n) is 6.23. The minimum Gasteiger partial charge on any atom is -0.475 e. The van der Waals surface area contributed by atoms with Crippen molar-refractivity contribution in [3.8, 4) is 11.9 Å². The number of halogens is 3. The monoisotopic (exact) mass is 568 g/mol. The molecule has 3 aliphatic heterocycles. The number of fused-ring (bicyclic) bond motifs is 1. The van der Waals surface area contributed by atoms with E-state index in [4.69, 9.17) is 9.72 Å². The molecule has 0 aliphatic carbocycles. The summed E-state index contributed by atoms with van der Waals surface area (Å²) in [5.74, 6) is 0.0785. The molecule has 3 aliphatic rings. The van der Waals surface area contributed by atoms with E-state index in [2.05, 4.69) is 22.4 Å². The first-order valence-electron chi connectivity index (χ1n) is 14.0. The van der Waals surface area contributed by atoms with Crippen molar-refractivity contribution in [1.82, 2.24) is 14.8 Å². The van der Waals surface area contributed by atoms with Crippen LogP contribution in [0.3, 0.4) is 0 Å². The minimum absolute atomic E-state index is 0.138. The van der Waals surface area contributed by atoms with Crippen LogP contribution in [-0.4, -0.2) is 79.7 Å². The Labute approximate surface area is 238 Å². The number of piperazine rings is 1. The largest absolute Gasteiger partial charge is 0.475 e. The molecule has 0 saturated carbocycles. The number of hydrogen-bond acceptors (Lipinski definition) is 7. The van der Waals surface area contributed by atoms with E-state index in [1.54, 1.807) is 22.8 Å². The smallest absolute Gasteiger partial charge is 0.418 e. The first kappa shape index (κ1) is 28.7. The van der Waals surface area contributed by atoms with Gasteiger partial charge >= 0.3 is 6.18 Å². The summed E-state index contributed by atoms with van der Waals surface area (Å²) in [6.45, 7) is 9.09. The van der Waals surface area contributed by atoms with E-state index >= 15 is 0 Å². The van der Waals surface area contributed by atoms with Gasteiger partial charge in [0.25, 0.3) is 0 Å². The Kier molecular flexibility index (Phi) is 8.13. The van der Waals surface area contributed by atoms with Crippen LogP contribution in [0.2, 0.25) is 0 Å². The molecule has 2 saturated heterocycles. The standard InChI is InChI=1S/C30H35F3N6O2/c1-4-26(40)37-13-15-38(16-14-37)28-22-10-12-39(27-20(2)7-5-9-24(27)30(31,32)33)18-25(22)35-29(23(28)17-34)41-19-21-8-6-11-36(21)3/h4-5,7,9,21H,1,6,8,10-16,18-19H2,2-3H3/t21-/m0/s1. The molecule has 8 nitrogen and oxygen atoms in total. The number of hydrogen-bond donors (Lipinski definition) is 0. The van der Waals surface area contributed by atoms with Gasteiger partial charge in [-0.05, 0) is 57.5 Å². The number of alkyl halides is 3. The van der Waals surface area contributed by atoms with Gasteiger partial charge in [0.15, 0.2) is 0 Å². The fourth-order valence-corrected chi connectivity index (χ4v) is 6.23. The zero-order valence-corrected chi connectivity index (χ0v) is 23.5. The molecule has 0 radical (unpaired) electrons. The van der Waals surface area contributed by atoms with Crippen LogP contribution in [0.25, 0.3) is 0 Å². The Morgan fingerprint density at radius 1 is 1.17 bits per heavy atom. The SMILES string of the molecule is C=CC(=O)N1CCN(c2c(C#N)c(OC[C@@H]3CCCN3C)nc3c2CCN(c2c(C)cccc2C(F)(F)F)C3)CC1. The highest BCUT2D eigenvalue weighted by atomic mass is 19.4. The van der Waals surface area contributed by atoms with Gasteiger partial charge in [-0.25, -0.2) is 4.98 Å². The molecule has 2 fully saturated rings. The zero-order valence-electron chi connectivity index (χ0n) is 23.5. The van der Waals surface area contributed by atoms with Crippen molar-refractivity contribution < 1.29 is 22.7 Å². The maximum Gasteiger partial charge on any atom is 0.418 e. The normalized spacial score (nSPS) is 19.6.